The average molecular weight is 467 g/mol. The quantitative estimate of drug-likeness (QED) is 0.466. The first-order chi connectivity index (χ1) is 15.8. The summed E-state index contributed by atoms with van der Waals surface area (Å²) in [5, 5.41) is 2.93. The van der Waals surface area contributed by atoms with Crippen molar-refractivity contribution >= 4 is 27.3 Å². The predicted molar refractivity (Wildman–Crippen MR) is 133 cm³/mol. The van der Waals surface area contributed by atoms with Crippen molar-refractivity contribution in [2.24, 2.45) is 0 Å². The Labute approximate surface area is 196 Å². The molecule has 0 bridgehead atoms. The summed E-state index contributed by atoms with van der Waals surface area (Å²) < 4.78 is 31.8. The maximum absolute atomic E-state index is 12.9. The molecule has 3 rings (SSSR count). The summed E-state index contributed by atoms with van der Waals surface area (Å²) >= 11 is 0. The van der Waals surface area contributed by atoms with E-state index in [1.54, 1.807) is 24.3 Å². The van der Waals surface area contributed by atoms with Crippen molar-refractivity contribution in [1.82, 2.24) is 0 Å². The lowest BCUT2D eigenvalue weighted by atomic mass is 10.0. The summed E-state index contributed by atoms with van der Waals surface area (Å²) in [6.07, 6.45) is 2.63. The molecule has 0 saturated heterocycles. The van der Waals surface area contributed by atoms with E-state index >= 15 is 0 Å². The molecular weight excluding hydrogens is 436 g/mol. The zero-order valence-corrected chi connectivity index (χ0v) is 20.1. The van der Waals surface area contributed by atoms with Gasteiger partial charge in [0.15, 0.2) is 0 Å². The molecule has 33 heavy (non-hydrogen) atoms. The number of anilines is 2. The highest BCUT2D eigenvalue weighted by Gasteiger charge is 2.22. The molecule has 3 aromatic carbocycles. The van der Waals surface area contributed by atoms with Gasteiger partial charge in [-0.05, 0) is 53.8 Å². The molecule has 0 aliphatic carbocycles. The Morgan fingerprint density at radius 2 is 1.48 bits per heavy atom. The largest absolute Gasteiger partial charge is 0.489 e. The smallest absolute Gasteiger partial charge is 0.245 e. The monoisotopic (exact) mass is 466 g/mol. The third kappa shape index (κ3) is 6.58. The molecule has 0 radical (unpaired) electrons. The Morgan fingerprint density at radius 3 is 2.03 bits per heavy atom. The van der Waals surface area contributed by atoms with E-state index in [9.17, 15) is 13.2 Å². The first kappa shape index (κ1) is 24.3. The summed E-state index contributed by atoms with van der Waals surface area (Å²) in [4.78, 5) is 12.9. The first-order valence-electron chi connectivity index (χ1n) is 11.0. The molecule has 0 fully saturated rings. The van der Waals surface area contributed by atoms with Crippen molar-refractivity contribution in [3.63, 3.8) is 0 Å². The summed E-state index contributed by atoms with van der Waals surface area (Å²) in [7, 11) is -3.67. The minimum atomic E-state index is -3.67. The Morgan fingerprint density at radius 1 is 0.879 bits per heavy atom. The zero-order valence-electron chi connectivity index (χ0n) is 19.2. The highest BCUT2D eigenvalue weighted by Crippen LogP contribution is 2.25. The molecule has 174 valence electrons. The van der Waals surface area contributed by atoms with Crippen LogP contribution in [0.3, 0.4) is 0 Å². The molecule has 0 atom stereocenters. The highest BCUT2D eigenvalue weighted by atomic mass is 32.2. The molecule has 6 nitrogen and oxygen atoms in total. The maximum atomic E-state index is 12.9. The zero-order chi connectivity index (χ0) is 23.8. The first-order valence-corrected chi connectivity index (χ1v) is 12.8. The maximum Gasteiger partial charge on any atom is 0.245 e. The normalized spacial score (nSPS) is 11.1. The van der Waals surface area contributed by atoms with Crippen molar-refractivity contribution < 1.29 is 17.9 Å². The van der Waals surface area contributed by atoms with Crippen molar-refractivity contribution in [3.8, 4) is 5.75 Å². The Hall–Kier alpha value is -3.32. The van der Waals surface area contributed by atoms with Crippen LogP contribution in [0.2, 0.25) is 0 Å². The van der Waals surface area contributed by atoms with Gasteiger partial charge >= 0.3 is 0 Å². The van der Waals surface area contributed by atoms with Crippen LogP contribution in [0.15, 0.2) is 72.8 Å². The number of nitrogens with zero attached hydrogens (tertiary/aromatic N) is 1. The van der Waals surface area contributed by atoms with Gasteiger partial charge in [-0.1, -0.05) is 62.4 Å². The Kier molecular flexibility index (Phi) is 8.11. The summed E-state index contributed by atoms with van der Waals surface area (Å²) in [5.41, 5.74) is 4.25. The van der Waals surface area contributed by atoms with Crippen molar-refractivity contribution in [2.45, 2.75) is 33.3 Å². The number of carbonyl (C=O) groups is 1. The van der Waals surface area contributed by atoms with Crippen LogP contribution in [-0.2, 0) is 34.3 Å². The van der Waals surface area contributed by atoms with Gasteiger partial charge in [0.05, 0.1) is 11.9 Å². The number of amides is 1. The number of hydrogen-bond donors (Lipinski definition) is 1. The SMILES string of the molecule is CCc1cccc(CC)c1NC(=O)CN(c1ccc(OCc2ccccc2)cc1)S(C)(=O)=O. The van der Waals surface area contributed by atoms with Crippen LogP contribution in [0.5, 0.6) is 5.75 Å². The van der Waals surface area contributed by atoms with E-state index < -0.39 is 10.0 Å². The molecule has 0 saturated carbocycles. The lowest BCUT2D eigenvalue weighted by Gasteiger charge is -2.23. The molecule has 1 amide bonds. The number of ether oxygens (including phenoxy) is 1. The predicted octanol–water partition coefficient (Wildman–Crippen LogP) is 4.80. The minimum Gasteiger partial charge on any atom is -0.489 e. The summed E-state index contributed by atoms with van der Waals surface area (Å²) in [6, 6.07) is 22.4. The molecule has 0 spiro atoms. The number of aryl methyl sites for hydroxylation is 2. The minimum absolute atomic E-state index is 0.315. The Balaban J connectivity index is 1.73. The number of carbonyl (C=O) groups excluding carboxylic acids is 1. The van der Waals surface area contributed by atoms with Crippen LogP contribution in [-0.4, -0.2) is 27.1 Å². The number of nitrogens with one attached hydrogen (secondary N) is 1. The van der Waals surface area contributed by atoms with E-state index in [2.05, 4.69) is 5.32 Å². The van der Waals surface area contributed by atoms with Crippen LogP contribution in [0.4, 0.5) is 11.4 Å². The standard InChI is InChI=1S/C26H30N2O4S/c1-4-21-12-9-13-22(5-2)26(21)27-25(29)18-28(33(3,30)31)23-14-16-24(17-15-23)32-19-20-10-7-6-8-11-20/h6-17H,4-5,18-19H2,1-3H3,(H,27,29). The molecule has 3 aromatic rings. The molecule has 0 aliphatic rings. The highest BCUT2D eigenvalue weighted by molar-refractivity contribution is 7.92. The van der Waals surface area contributed by atoms with Crippen LogP contribution in [0, 0.1) is 0 Å². The number of para-hydroxylation sites is 1. The van der Waals surface area contributed by atoms with E-state index in [1.807, 2.05) is 62.4 Å². The van der Waals surface area contributed by atoms with Gasteiger partial charge in [-0.25, -0.2) is 8.42 Å². The topological polar surface area (TPSA) is 75.7 Å². The average Bonchev–Trinajstić information content (AvgIpc) is 2.81. The molecule has 0 heterocycles. The lowest BCUT2D eigenvalue weighted by Crippen LogP contribution is -2.37. The molecule has 0 unspecified atom stereocenters. The molecule has 7 heteroatoms. The second kappa shape index (κ2) is 11.0. The molecular formula is C26H30N2O4S. The van der Waals surface area contributed by atoms with Gasteiger partial charge in [-0.3, -0.25) is 9.10 Å². The van der Waals surface area contributed by atoms with Gasteiger partial charge < -0.3 is 10.1 Å². The Bertz CT molecular complexity index is 1150. The van der Waals surface area contributed by atoms with Crippen LogP contribution in [0.25, 0.3) is 0 Å². The van der Waals surface area contributed by atoms with E-state index in [4.69, 9.17) is 4.74 Å². The van der Waals surface area contributed by atoms with Gasteiger partial charge in [0.1, 0.15) is 18.9 Å². The second-order valence-corrected chi connectivity index (χ2v) is 9.65. The summed E-state index contributed by atoms with van der Waals surface area (Å²) in [5.74, 6) is 0.227. The third-order valence-electron chi connectivity index (χ3n) is 5.32. The van der Waals surface area contributed by atoms with Gasteiger partial charge in [0.2, 0.25) is 15.9 Å². The second-order valence-electron chi connectivity index (χ2n) is 7.74. The van der Waals surface area contributed by atoms with Gasteiger partial charge in [-0.2, -0.15) is 0 Å². The molecule has 0 aliphatic heterocycles. The van der Waals surface area contributed by atoms with E-state index in [1.165, 1.54) is 0 Å². The van der Waals surface area contributed by atoms with E-state index in [0.29, 0.717) is 18.0 Å². The molecule has 1 N–H and O–H groups in total. The van der Waals surface area contributed by atoms with Gasteiger partial charge in [0, 0.05) is 5.69 Å². The van der Waals surface area contributed by atoms with Crippen molar-refractivity contribution in [2.75, 3.05) is 22.4 Å². The van der Waals surface area contributed by atoms with E-state index in [0.717, 1.165) is 45.8 Å². The van der Waals surface area contributed by atoms with Crippen LogP contribution < -0.4 is 14.4 Å². The van der Waals surface area contributed by atoms with Crippen LogP contribution in [0.1, 0.15) is 30.5 Å². The van der Waals surface area contributed by atoms with Gasteiger partial charge in [-0.15, -0.1) is 0 Å². The van der Waals surface area contributed by atoms with Crippen LogP contribution >= 0.6 is 0 Å². The lowest BCUT2D eigenvalue weighted by molar-refractivity contribution is -0.114. The number of sulfonamides is 1. The third-order valence-corrected chi connectivity index (χ3v) is 6.46. The number of benzene rings is 3. The van der Waals surface area contributed by atoms with Gasteiger partial charge in [0.25, 0.3) is 0 Å². The fourth-order valence-electron chi connectivity index (χ4n) is 3.56. The fourth-order valence-corrected chi connectivity index (χ4v) is 4.42. The number of hydrogen-bond acceptors (Lipinski definition) is 4. The fraction of sp³-hybridized carbons (Fsp3) is 0.269. The number of rotatable bonds is 10. The van der Waals surface area contributed by atoms with E-state index in [-0.39, 0.29) is 12.5 Å². The van der Waals surface area contributed by atoms with Crippen molar-refractivity contribution in [3.05, 3.63) is 89.5 Å². The summed E-state index contributed by atoms with van der Waals surface area (Å²) in [6.45, 7) is 4.14. The molecule has 0 aromatic heterocycles. The van der Waals surface area contributed by atoms with Crippen molar-refractivity contribution in [1.29, 1.82) is 0 Å².